The molecule has 1 fully saturated rings. The fourth-order valence-corrected chi connectivity index (χ4v) is 3.46. The lowest BCUT2D eigenvalue weighted by atomic mass is 9.85. The number of hydrogen-bond acceptors (Lipinski definition) is 3. The minimum absolute atomic E-state index is 0.0504. The van der Waals surface area contributed by atoms with Crippen LogP contribution in [0.5, 0.6) is 0 Å². The maximum absolute atomic E-state index is 12.4. The molecule has 1 aliphatic rings. The lowest BCUT2D eigenvalue weighted by Gasteiger charge is -2.27. The highest BCUT2D eigenvalue weighted by Crippen LogP contribution is 2.26. The first-order valence-corrected chi connectivity index (χ1v) is 8.66. The molecule has 1 aliphatic carbocycles. The number of nitrogens with one attached hydrogen (secondary N) is 2. The van der Waals surface area contributed by atoms with E-state index < -0.39 is 6.09 Å². The zero-order valence-corrected chi connectivity index (χ0v) is 14.5. The predicted molar refractivity (Wildman–Crippen MR) is 95.0 cm³/mol. The van der Waals surface area contributed by atoms with E-state index in [1.165, 1.54) is 0 Å². The summed E-state index contributed by atoms with van der Waals surface area (Å²) in [5.41, 5.74) is 0. The van der Waals surface area contributed by atoms with Crippen LogP contribution >= 0.6 is 15.9 Å². The number of benzene rings is 1. The summed E-state index contributed by atoms with van der Waals surface area (Å²) in [4.78, 5) is 27.3. The van der Waals surface area contributed by atoms with E-state index in [0.29, 0.717) is 31.5 Å². The lowest BCUT2D eigenvalue weighted by Crippen LogP contribution is -2.38. The number of carbonyl (C=O) groups is 2. The lowest BCUT2D eigenvalue weighted by molar-refractivity contribution is -0.120. The van der Waals surface area contributed by atoms with Gasteiger partial charge in [0.2, 0.25) is 5.91 Å². The smallest absolute Gasteiger partial charge is 0.404 e. The molecule has 1 aromatic carbocycles. The molecule has 3 N–H and O–H groups in total. The van der Waals surface area contributed by atoms with Gasteiger partial charge in [-0.15, -0.1) is 0 Å². The number of aromatic nitrogens is 1. The van der Waals surface area contributed by atoms with Crippen LogP contribution in [0.4, 0.5) is 10.6 Å². The van der Waals surface area contributed by atoms with Crippen molar-refractivity contribution in [3.63, 3.8) is 0 Å². The molecule has 0 spiro atoms. The van der Waals surface area contributed by atoms with Crippen molar-refractivity contribution in [1.82, 2.24) is 10.3 Å². The molecule has 0 bridgehead atoms. The second kappa shape index (κ2) is 7.17. The van der Waals surface area contributed by atoms with Crippen LogP contribution in [-0.2, 0) is 4.79 Å². The largest absolute Gasteiger partial charge is 0.465 e. The SMILES string of the molecule is O=C(O)NC1CCC(C(=O)Nc2cc3cc(Br)ccc3cn2)CC1. The monoisotopic (exact) mass is 391 g/mol. The van der Waals surface area contributed by atoms with Crippen molar-refractivity contribution < 1.29 is 14.7 Å². The summed E-state index contributed by atoms with van der Waals surface area (Å²) in [6.07, 6.45) is 3.46. The van der Waals surface area contributed by atoms with Gasteiger partial charge in [-0.3, -0.25) is 4.79 Å². The first-order valence-electron chi connectivity index (χ1n) is 7.87. The van der Waals surface area contributed by atoms with Gasteiger partial charge in [0.1, 0.15) is 5.82 Å². The highest BCUT2D eigenvalue weighted by Gasteiger charge is 2.27. The third-order valence-electron chi connectivity index (χ3n) is 4.36. The molecule has 6 nitrogen and oxygen atoms in total. The Morgan fingerprint density at radius 1 is 1.12 bits per heavy atom. The Bertz CT molecular complexity index is 773. The van der Waals surface area contributed by atoms with Gasteiger partial charge in [0, 0.05) is 28.0 Å². The molecule has 1 heterocycles. The molecular weight excluding hydrogens is 374 g/mol. The van der Waals surface area contributed by atoms with Crippen LogP contribution < -0.4 is 10.6 Å². The van der Waals surface area contributed by atoms with Gasteiger partial charge in [-0.25, -0.2) is 9.78 Å². The molecule has 0 atom stereocenters. The maximum Gasteiger partial charge on any atom is 0.404 e. The van der Waals surface area contributed by atoms with Crippen LogP contribution in [0.1, 0.15) is 25.7 Å². The van der Waals surface area contributed by atoms with Crippen molar-refractivity contribution in [1.29, 1.82) is 0 Å². The molecule has 3 rings (SSSR count). The summed E-state index contributed by atoms with van der Waals surface area (Å²) in [5.74, 6) is 0.388. The predicted octanol–water partition coefficient (Wildman–Crippen LogP) is 3.76. The summed E-state index contributed by atoms with van der Waals surface area (Å²) >= 11 is 3.44. The Kier molecular flexibility index (Phi) is 4.99. The molecule has 24 heavy (non-hydrogen) atoms. The van der Waals surface area contributed by atoms with E-state index in [2.05, 4.69) is 31.5 Å². The van der Waals surface area contributed by atoms with E-state index in [0.717, 1.165) is 15.2 Å². The molecule has 0 saturated heterocycles. The van der Waals surface area contributed by atoms with Crippen LogP contribution in [0, 0.1) is 5.92 Å². The zero-order valence-electron chi connectivity index (χ0n) is 13.0. The summed E-state index contributed by atoms with van der Waals surface area (Å²) in [5, 5.41) is 16.1. The average molecular weight is 392 g/mol. The number of pyridine rings is 1. The highest BCUT2D eigenvalue weighted by atomic mass is 79.9. The zero-order chi connectivity index (χ0) is 17.1. The van der Waals surface area contributed by atoms with Gasteiger partial charge in [0.25, 0.3) is 0 Å². The van der Waals surface area contributed by atoms with Gasteiger partial charge in [-0.1, -0.05) is 22.0 Å². The van der Waals surface area contributed by atoms with Crippen LogP contribution in [0.2, 0.25) is 0 Å². The highest BCUT2D eigenvalue weighted by molar-refractivity contribution is 9.10. The molecular formula is C17H18BrN3O3. The van der Waals surface area contributed by atoms with E-state index in [9.17, 15) is 9.59 Å². The molecule has 2 amide bonds. The van der Waals surface area contributed by atoms with Crippen molar-refractivity contribution in [2.75, 3.05) is 5.32 Å². The van der Waals surface area contributed by atoms with Crippen molar-refractivity contribution >= 4 is 44.5 Å². The topological polar surface area (TPSA) is 91.3 Å². The Labute approximate surface area is 147 Å². The summed E-state index contributed by atoms with van der Waals surface area (Å²) in [6, 6.07) is 7.70. The van der Waals surface area contributed by atoms with E-state index in [4.69, 9.17) is 5.11 Å². The van der Waals surface area contributed by atoms with Crippen LogP contribution in [0.15, 0.2) is 34.9 Å². The molecule has 7 heteroatoms. The molecule has 1 saturated carbocycles. The Hall–Kier alpha value is -2.15. The van der Waals surface area contributed by atoms with Crippen LogP contribution in [0.3, 0.4) is 0 Å². The first kappa shape index (κ1) is 16.7. The summed E-state index contributed by atoms with van der Waals surface area (Å²) in [7, 11) is 0. The number of fused-ring (bicyclic) bond motifs is 1. The minimum atomic E-state index is -1.01. The minimum Gasteiger partial charge on any atom is -0.465 e. The summed E-state index contributed by atoms with van der Waals surface area (Å²) < 4.78 is 0.975. The van der Waals surface area contributed by atoms with Crippen LogP contribution in [-0.4, -0.2) is 28.1 Å². The standard InChI is InChI=1S/C17H18BrN3O3/c18-13-4-1-11-9-19-15(8-12(11)7-13)21-16(22)10-2-5-14(6-3-10)20-17(23)24/h1,4,7-10,14,20H,2-3,5-6H2,(H,23,24)(H,19,21,22). The number of halogens is 1. The number of rotatable bonds is 3. The number of carboxylic acid groups (broad SMARTS) is 1. The number of amides is 2. The number of anilines is 1. The molecule has 2 aromatic rings. The second-order valence-corrected chi connectivity index (χ2v) is 6.96. The normalized spacial score (nSPS) is 20.5. The molecule has 0 aliphatic heterocycles. The fraction of sp³-hybridized carbons (Fsp3) is 0.353. The van der Waals surface area contributed by atoms with Gasteiger partial charge < -0.3 is 15.7 Å². The van der Waals surface area contributed by atoms with Crippen LogP contribution in [0.25, 0.3) is 10.8 Å². The van der Waals surface area contributed by atoms with Gasteiger partial charge in [0.05, 0.1) is 0 Å². The Balaban J connectivity index is 1.62. The molecule has 0 unspecified atom stereocenters. The molecule has 1 aromatic heterocycles. The van der Waals surface area contributed by atoms with Gasteiger partial charge in [-0.05, 0) is 49.3 Å². The Morgan fingerprint density at radius 2 is 1.88 bits per heavy atom. The van der Waals surface area contributed by atoms with Crippen molar-refractivity contribution in [2.24, 2.45) is 5.92 Å². The van der Waals surface area contributed by atoms with Gasteiger partial charge >= 0.3 is 6.09 Å². The number of nitrogens with zero attached hydrogens (tertiary/aromatic N) is 1. The Morgan fingerprint density at radius 3 is 2.58 bits per heavy atom. The van der Waals surface area contributed by atoms with E-state index in [1.807, 2.05) is 24.3 Å². The molecule has 126 valence electrons. The third-order valence-corrected chi connectivity index (χ3v) is 4.85. The first-order chi connectivity index (χ1) is 11.5. The quantitative estimate of drug-likeness (QED) is 0.742. The van der Waals surface area contributed by atoms with Crippen molar-refractivity contribution in [2.45, 2.75) is 31.7 Å². The van der Waals surface area contributed by atoms with Crippen molar-refractivity contribution in [3.8, 4) is 0 Å². The van der Waals surface area contributed by atoms with E-state index in [1.54, 1.807) is 6.20 Å². The maximum atomic E-state index is 12.4. The van der Waals surface area contributed by atoms with E-state index >= 15 is 0 Å². The summed E-state index contributed by atoms with van der Waals surface area (Å²) in [6.45, 7) is 0. The number of carbonyl (C=O) groups excluding carboxylic acids is 1. The third kappa shape index (κ3) is 4.03. The fourth-order valence-electron chi connectivity index (χ4n) is 3.08. The molecule has 0 radical (unpaired) electrons. The second-order valence-electron chi connectivity index (χ2n) is 6.05. The van der Waals surface area contributed by atoms with Crippen molar-refractivity contribution in [3.05, 3.63) is 34.9 Å². The average Bonchev–Trinajstić information content (AvgIpc) is 2.54. The van der Waals surface area contributed by atoms with Gasteiger partial charge in [0.15, 0.2) is 0 Å². The van der Waals surface area contributed by atoms with Gasteiger partial charge in [-0.2, -0.15) is 0 Å². The van der Waals surface area contributed by atoms with E-state index in [-0.39, 0.29) is 17.9 Å². The number of hydrogen-bond donors (Lipinski definition) is 3.